The summed E-state index contributed by atoms with van der Waals surface area (Å²) < 4.78 is 0. The van der Waals surface area contributed by atoms with Gasteiger partial charge >= 0.3 is 0 Å². The number of allylic oxidation sites excluding steroid dienone is 1. The van der Waals surface area contributed by atoms with E-state index in [0.29, 0.717) is 6.04 Å². The van der Waals surface area contributed by atoms with Crippen LogP contribution in [0.2, 0.25) is 0 Å². The van der Waals surface area contributed by atoms with E-state index in [1.165, 1.54) is 16.9 Å². The summed E-state index contributed by atoms with van der Waals surface area (Å²) in [6, 6.07) is 9.08. The predicted octanol–water partition coefficient (Wildman–Crippen LogP) is 3.71. The quantitative estimate of drug-likeness (QED) is 0.669. The molecule has 0 saturated carbocycles. The van der Waals surface area contributed by atoms with Crippen LogP contribution >= 0.6 is 0 Å². The molecule has 0 aliphatic carbocycles. The largest absolute Gasteiger partial charge is 0.342 e. The van der Waals surface area contributed by atoms with Gasteiger partial charge in [-0.3, -0.25) is 0 Å². The topological polar surface area (TPSA) is 3.24 Å². The van der Waals surface area contributed by atoms with Crippen molar-refractivity contribution in [3.05, 3.63) is 42.1 Å². The lowest BCUT2D eigenvalue weighted by Gasteiger charge is -2.29. The number of nitrogens with zero attached hydrogens (tertiary/aromatic N) is 1. The first kappa shape index (κ1) is 10.3. The SMILES string of the molecule is C=C1N(C(C)C)c2ccccc2C1(C)C. The smallest absolute Gasteiger partial charge is 0.0452 e. The maximum atomic E-state index is 4.25. The van der Waals surface area contributed by atoms with Gasteiger partial charge in [0.1, 0.15) is 0 Å². The summed E-state index contributed by atoms with van der Waals surface area (Å²) in [6.07, 6.45) is 0. The number of hydrogen-bond donors (Lipinski definition) is 0. The van der Waals surface area contributed by atoms with Gasteiger partial charge in [0.2, 0.25) is 0 Å². The highest BCUT2D eigenvalue weighted by molar-refractivity contribution is 5.70. The summed E-state index contributed by atoms with van der Waals surface area (Å²) in [5.41, 5.74) is 3.99. The van der Waals surface area contributed by atoms with E-state index < -0.39 is 0 Å². The molecule has 0 saturated heterocycles. The normalized spacial score (nSPS) is 18.5. The highest BCUT2D eigenvalue weighted by atomic mass is 15.2. The van der Waals surface area contributed by atoms with Crippen molar-refractivity contribution in [2.24, 2.45) is 0 Å². The third-order valence-electron chi connectivity index (χ3n) is 3.37. The van der Waals surface area contributed by atoms with Crippen LogP contribution in [0.15, 0.2) is 36.5 Å². The molecule has 0 amide bonds. The van der Waals surface area contributed by atoms with Crippen molar-refractivity contribution < 1.29 is 0 Å². The fourth-order valence-electron chi connectivity index (χ4n) is 2.40. The molecule has 0 atom stereocenters. The minimum Gasteiger partial charge on any atom is -0.342 e. The van der Waals surface area contributed by atoms with Crippen molar-refractivity contribution in [2.45, 2.75) is 39.2 Å². The molecule has 0 fully saturated rings. The van der Waals surface area contributed by atoms with Crippen molar-refractivity contribution in [3.8, 4) is 0 Å². The van der Waals surface area contributed by atoms with E-state index in [1.54, 1.807) is 0 Å². The van der Waals surface area contributed by atoms with Crippen molar-refractivity contribution in [1.82, 2.24) is 0 Å². The molecule has 1 aromatic carbocycles. The van der Waals surface area contributed by atoms with E-state index in [-0.39, 0.29) is 5.41 Å². The van der Waals surface area contributed by atoms with Gasteiger partial charge in [0, 0.05) is 22.8 Å². The Morgan fingerprint density at radius 1 is 1.20 bits per heavy atom. The molecular weight excluding hydrogens is 182 g/mol. The molecule has 2 rings (SSSR count). The zero-order chi connectivity index (χ0) is 11.2. The first-order valence-corrected chi connectivity index (χ1v) is 5.54. The second-order valence-corrected chi connectivity index (χ2v) is 5.05. The van der Waals surface area contributed by atoms with Gasteiger partial charge in [-0.05, 0) is 25.5 Å². The van der Waals surface area contributed by atoms with E-state index in [2.05, 4.69) is 63.4 Å². The maximum absolute atomic E-state index is 4.25. The molecule has 1 heteroatoms. The Balaban J connectivity index is 2.62. The molecule has 0 aromatic heterocycles. The van der Waals surface area contributed by atoms with Crippen LogP contribution in [0.1, 0.15) is 33.3 Å². The van der Waals surface area contributed by atoms with Crippen LogP contribution in [0, 0.1) is 0 Å². The monoisotopic (exact) mass is 201 g/mol. The van der Waals surface area contributed by atoms with E-state index in [4.69, 9.17) is 0 Å². The minimum atomic E-state index is 0.0703. The first-order chi connectivity index (χ1) is 6.96. The number of para-hydroxylation sites is 1. The van der Waals surface area contributed by atoms with Gasteiger partial charge in [0.25, 0.3) is 0 Å². The lowest BCUT2D eigenvalue weighted by atomic mass is 9.84. The molecule has 0 spiro atoms. The van der Waals surface area contributed by atoms with Gasteiger partial charge in [-0.2, -0.15) is 0 Å². The van der Waals surface area contributed by atoms with Crippen LogP contribution in [0.3, 0.4) is 0 Å². The summed E-state index contributed by atoms with van der Waals surface area (Å²) in [5.74, 6) is 0. The zero-order valence-corrected chi connectivity index (χ0v) is 10.0. The van der Waals surface area contributed by atoms with Gasteiger partial charge in [-0.1, -0.05) is 38.6 Å². The summed E-state index contributed by atoms with van der Waals surface area (Å²) in [5, 5.41) is 0. The first-order valence-electron chi connectivity index (χ1n) is 5.54. The number of benzene rings is 1. The van der Waals surface area contributed by atoms with Crippen LogP contribution in [0.4, 0.5) is 5.69 Å². The van der Waals surface area contributed by atoms with Gasteiger partial charge in [0.15, 0.2) is 0 Å². The third kappa shape index (κ3) is 1.30. The fraction of sp³-hybridized carbons (Fsp3) is 0.429. The number of rotatable bonds is 1. The Morgan fingerprint density at radius 3 is 2.40 bits per heavy atom. The van der Waals surface area contributed by atoms with Crippen molar-refractivity contribution in [3.63, 3.8) is 0 Å². The summed E-state index contributed by atoms with van der Waals surface area (Å²) >= 11 is 0. The lowest BCUT2D eigenvalue weighted by molar-refractivity contribution is 0.615. The molecule has 0 radical (unpaired) electrons. The molecule has 0 N–H and O–H groups in total. The summed E-state index contributed by atoms with van der Waals surface area (Å²) in [6.45, 7) is 13.2. The van der Waals surface area contributed by atoms with Crippen molar-refractivity contribution in [1.29, 1.82) is 0 Å². The molecule has 1 aliphatic heterocycles. The Kier molecular flexibility index (Phi) is 2.14. The molecule has 1 heterocycles. The Hall–Kier alpha value is -1.24. The van der Waals surface area contributed by atoms with Gasteiger partial charge in [0.05, 0.1) is 0 Å². The van der Waals surface area contributed by atoms with Gasteiger partial charge in [-0.15, -0.1) is 0 Å². The highest BCUT2D eigenvalue weighted by Crippen LogP contribution is 2.47. The van der Waals surface area contributed by atoms with E-state index >= 15 is 0 Å². The fourth-order valence-corrected chi connectivity index (χ4v) is 2.40. The van der Waals surface area contributed by atoms with Crippen molar-refractivity contribution in [2.75, 3.05) is 4.90 Å². The molecule has 1 aliphatic rings. The van der Waals surface area contributed by atoms with Crippen LogP contribution in [-0.2, 0) is 5.41 Å². The molecular formula is C14H19N. The summed E-state index contributed by atoms with van der Waals surface area (Å²) in [7, 11) is 0. The minimum absolute atomic E-state index is 0.0703. The standard InChI is InChI=1S/C14H19N/c1-10(2)15-11(3)14(4,5)12-8-6-7-9-13(12)15/h6-10H,3H2,1-2,4-5H3. The van der Waals surface area contributed by atoms with Crippen LogP contribution in [0.5, 0.6) is 0 Å². The number of fused-ring (bicyclic) bond motifs is 1. The van der Waals surface area contributed by atoms with E-state index in [0.717, 1.165) is 0 Å². The number of hydrogen-bond acceptors (Lipinski definition) is 1. The second kappa shape index (κ2) is 3.13. The van der Waals surface area contributed by atoms with Crippen LogP contribution in [-0.4, -0.2) is 6.04 Å². The van der Waals surface area contributed by atoms with E-state index in [9.17, 15) is 0 Å². The molecule has 0 bridgehead atoms. The molecule has 15 heavy (non-hydrogen) atoms. The third-order valence-corrected chi connectivity index (χ3v) is 3.37. The molecule has 80 valence electrons. The zero-order valence-electron chi connectivity index (χ0n) is 10.0. The number of anilines is 1. The van der Waals surface area contributed by atoms with Crippen LogP contribution in [0.25, 0.3) is 0 Å². The molecule has 1 aromatic rings. The van der Waals surface area contributed by atoms with Crippen molar-refractivity contribution >= 4 is 5.69 Å². The Labute approximate surface area is 92.4 Å². The Morgan fingerprint density at radius 2 is 1.80 bits per heavy atom. The van der Waals surface area contributed by atoms with Gasteiger partial charge in [-0.25, -0.2) is 0 Å². The Bertz CT molecular complexity index is 402. The molecule has 1 nitrogen and oxygen atoms in total. The highest BCUT2D eigenvalue weighted by Gasteiger charge is 2.39. The molecule has 0 unspecified atom stereocenters. The summed E-state index contributed by atoms with van der Waals surface area (Å²) in [4.78, 5) is 2.34. The lowest BCUT2D eigenvalue weighted by Crippen LogP contribution is -2.30. The van der Waals surface area contributed by atoms with E-state index in [1.807, 2.05) is 0 Å². The van der Waals surface area contributed by atoms with Gasteiger partial charge < -0.3 is 4.90 Å². The second-order valence-electron chi connectivity index (χ2n) is 5.05. The average molecular weight is 201 g/mol. The predicted molar refractivity (Wildman–Crippen MR) is 66.2 cm³/mol. The van der Waals surface area contributed by atoms with Crippen LogP contribution < -0.4 is 4.90 Å². The maximum Gasteiger partial charge on any atom is 0.0452 e. The average Bonchev–Trinajstić information content (AvgIpc) is 2.36.